The number of hydrogen-bond donors (Lipinski definition) is 2. The maximum atomic E-state index is 5.83. The highest BCUT2D eigenvalue weighted by Crippen LogP contribution is 2.21. The van der Waals surface area contributed by atoms with Gasteiger partial charge in [-0.25, -0.2) is 9.97 Å². The van der Waals surface area contributed by atoms with Gasteiger partial charge in [-0.05, 0) is 24.3 Å². The highest BCUT2D eigenvalue weighted by atomic mass is 15.0. The molecule has 0 amide bonds. The van der Waals surface area contributed by atoms with Crippen LogP contribution in [0.1, 0.15) is 0 Å². The molecule has 0 aliphatic rings. The molecular weight excluding hydrogens is 202 g/mol. The summed E-state index contributed by atoms with van der Waals surface area (Å²) in [5.41, 5.74) is 8.63. The van der Waals surface area contributed by atoms with E-state index in [0.29, 0.717) is 22.9 Å². The van der Waals surface area contributed by atoms with Gasteiger partial charge in [-0.3, -0.25) is 4.98 Å². The lowest BCUT2D eigenvalue weighted by molar-refractivity contribution is 1.23. The number of fused-ring (bicyclic) bond motifs is 1. The Morgan fingerprint density at radius 3 is 2.69 bits per heavy atom. The number of pyridine rings is 2. The summed E-state index contributed by atoms with van der Waals surface area (Å²) in [5, 5.41) is 0. The third kappa shape index (κ3) is 1.30. The first kappa shape index (κ1) is 8.84. The molecule has 0 saturated carbocycles. The van der Waals surface area contributed by atoms with E-state index in [1.165, 1.54) is 0 Å². The summed E-state index contributed by atoms with van der Waals surface area (Å²) in [5.74, 6) is 0.645. The maximum absolute atomic E-state index is 5.83. The van der Waals surface area contributed by atoms with Crippen LogP contribution in [0.4, 0.5) is 5.69 Å². The second-order valence-corrected chi connectivity index (χ2v) is 3.40. The van der Waals surface area contributed by atoms with Crippen molar-refractivity contribution in [3.63, 3.8) is 0 Å². The number of imidazole rings is 1. The molecule has 0 aromatic carbocycles. The highest BCUT2D eigenvalue weighted by Gasteiger charge is 2.08. The number of nitrogens with zero attached hydrogens (tertiary/aromatic N) is 3. The Balaban J connectivity index is 2.23. The van der Waals surface area contributed by atoms with E-state index in [1.807, 2.05) is 12.1 Å². The molecule has 3 aromatic rings. The van der Waals surface area contributed by atoms with Crippen LogP contribution in [0.2, 0.25) is 0 Å². The number of hydrogen-bond acceptors (Lipinski definition) is 4. The zero-order valence-electron chi connectivity index (χ0n) is 8.38. The monoisotopic (exact) mass is 211 g/mol. The SMILES string of the molecule is Nc1cccnc1-c1nc2ncccc2[nH]1. The zero-order chi connectivity index (χ0) is 11.0. The molecule has 0 atom stereocenters. The lowest BCUT2D eigenvalue weighted by Crippen LogP contribution is -1.93. The minimum absolute atomic E-state index is 0.599. The molecule has 0 fully saturated rings. The summed E-state index contributed by atoms with van der Waals surface area (Å²) in [4.78, 5) is 15.8. The summed E-state index contributed by atoms with van der Waals surface area (Å²) in [6.07, 6.45) is 3.39. The average molecular weight is 211 g/mol. The topological polar surface area (TPSA) is 80.5 Å². The van der Waals surface area contributed by atoms with Gasteiger partial charge in [-0.2, -0.15) is 0 Å². The molecule has 0 bridgehead atoms. The van der Waals surface area contributed by atoms with Crippen LogP contribution in [0, 0.1) is 0 Å². The predicted molar refractivity (Wildman–Crippen MR) is 61.5 cm³/mol. The molecule has 0 spiro atoms. The van der Waals surface area contributed by atoms with Crippen LogP contribution in [0.25, 0.3) is 22.7 Å². The van der Waals surface area contributed by atoms with Crippen molar-refractivity contribution in [1.82, 2.24) is 19.9 Å². The summed E-state index contributed by atoms with van der Waals surface area (Å²) in [7, 11) is 0. The van der Waals surface area contributed by atoms with Crippen molar-refractivity contribution in [2.75, 3.05) is 5.73 Å². The third-order valence-corrected chi connectivity index (χ3v) is 2.32. The fraction of sp³-hybridized carbons (Fsp3) is 0. The molecule has 3 aromatic heterocycles. The second-order valence-electron chi connectivity index (χ2n) is 3.40. The van der Waals surface area contributed by atoms with Gasteiger partial charge in [0.2, 0.25) is 0 Å². The van der Waals surface area contributed by atoms with Crippen LogP contribution < -0.4 is 5.73 Å². The summed E-state index contributed by atoms with van der Waals surface area (Å²) >= 11 is 0. The van der Waals surface area contributed by atoms with Crippen molar-refractivity contribution in [3.8, 4) is 11.5 Å². The van der Waals surface area contributed by atoms with Gasteiger partial charge in [-0.15, -0.1) is 0 Å². The van der Waals surface area contributed by atoms with E-state index in [4.69, 9.17) is 5.73 Å². The largest absolute Gasteiger partial charge is 0.397 e. The number of nitrogens with one attached hydrogen (secondary N) is 1. The molecule has 16 heavy (non-hydrogen) atoms. The van der Waals surface area contributed by atoms with Gasteiger partial charge in [0.15, 0.2) is 11.5 Å². The number of anilines is 1. The first-order valence-electron chi connectivity index (χ1n) is 4.86. The van der Waals surface area contributed by atoms with Gasteiger partial charge in [0, 0.05) is 12.4 Å². The van der Waals surface area contributed by atoms with E-state index in [0.717, 1.165) is 5.52 Å². The molecule has 0 aliphatic carbocycles. The van der Waals surface area contributed by atoms with Crippen LogP contribution in [0.3, 0.4) is 0 Å². The number of aromatic amines is 1. The van der Waals surface area contributed by atoms with Crippen molar-refractivity contribution < 1.29 is 0 Å². The Morgan fingerprint density at radius 2 is 1.88 bits per heavy atom. The predicted octanol–water partition coefficient (Wildman–Crippen LogP) is 1.60. The molecular formula is C11H9N5. The Kier molecular flexibility index (Phi) is 1.83. The van der Waals surface area contributed by atoms with Gasteiger partial charge >= 0.3 is 0 Å². The standard InChI is InChI=1S/C11H9N5/c12-7-3-1-5-13-9(7)11-15-8-4-2-6-14-10(8)16-11/h1-6H,12H2,(H,14,15,16). The molecule has 78 valence electrons. The number of rotatable bonds is 1. The van der Waals surface area contributed by atoms with E-state index in [1.54, 1.807) is 24.5 Å². The summed E-state index contributed by atoms with van der Waals surface area (Å²) in [6.45, 7) is 0. The Labute approximate surface area is 91.4 Å². The quantitative estimate of drug-likeness (QED) is 0.640. The van der Waals surface area contributed by atoms with Crippen LogP contribution in [0.5, 0.6) is 0 Å². The molecule has 3 N–H and O–H groups in total. The Hall–Kier alpha value is -2.43. The number of H-pyrrole nitrogens is 1. The highest BCUT2D eigenvalue weighted by molar-refractivity contribution is 5.77. The Bertz CT molecular complexity index is 610. The van der Waals surface area contributed by atoms with Crippen molar-refractivity contribution in [1.29, 1.82) is 0 Å². The van der Waals surface area contributed by atoms with Crippen molar-refractivity contribution in [2.24, 2.45) is 0 Å². The Morgan fingerprint density at radius 1 is 1.06 bits per heavy atom. The van der Waals surface area contributed by atoms with Gasteiger partial charge in [0.05, 0.1) is 11.2 Å². The van der Waals surface area contributed by atoms with Gasteiger partial charge in [-0.1, -0.05) is 0 Å². The first-order chi connectivity index (χ1) is 7.84. The number of nitrogens with two attached hydrogens (primary N) is 1. The molecule has 5 nitrogen and oxygen atoms in total. The normalized spacial score (nSPS) is 10.8. The first-order valence-corrected chi connectivity index (χ1v) is 4.86. The summed E-state index contributed by atoms with van der Waals surface area (Å²) < 4.78 is 0. The van der Waals surface area contributed by atoms with Crippen LogP contribution in [-0.2, 0) is 0 Å². The van der Waals surface area contributed by atoms with Crippen LogP contribution in [-0.4, -0.2) is 19.9 Å². The molecule has 5 heteroatoms. The van der Waals surface area contributed by atoms with Gasteiger partial charge < -0.3 is 10.7 Å². The lowest BCUT2D eigenvalue weighted by Gasteiger charge is -1.98. The third-order valence-electron chi connectivity index (χ3n) is 2.32. The van der Waals surface area contributed by atoms with Crippen molar-refractivity contribution in [3.05, 3.63) is 36.7 Å². The fourth-order valence-electron chi connectivity index (χ4n) is 1.57. The number of nitrogen functional groups attached to an aromatic ring is 1. The van der Waals surface area contributed by atoms with Crippen molar-refractivity contribution >= 4 is 16.9 Å². The average Bonchev–Trinajstić information content (AvgIpc) is 2.73. The van der Waals surface area contributed by atoms with Crippen LogP contribution in [0.15, 0.2) is 36.7 Å². The smallest absolute Gasteiger partial charge is 0.178 e. The van der Waals surface area contributed by atoms with Gasteiger partial charge in [0.25, 0.3) is 0 Å². The van der Waals surface area contributed by atoms with E-state index >= 15 is 0 Å². The second kappa shape index (κ2) is 3.30. The molecule has 0 radical (unpaired) electrons. The van der Waals surface area contributed by atoms with E-state index < -0.39 is 0 Å². The molecule has 0 aliphatic heterocycles. The van der Waals surface area contributed by atoms with Crippen LogP contribution >= 0.6 is 0 Å². The fourth-order valence-corrected chi connectivity index (χ4v) is 1.57. The maximum Gasteiger partial charge on any atom is 0.178 e. The van der Waals surface area contributed by atoms with E-state index in [2.05, 4.69) is 19.9 Å². The van der Waals surface area contributed by atoms with Gasteiger partial charge in [0.1, 0.15) is 5.69 Å². The molecule has 3 rings (SSSR count). The summed E-state index contributed by atoms with van der Waals surface area (Å²) in [6, 6.07) is 7.35. The van der Waals surface area contributed by atoms with Crippen molar-refractivity contribution in [2.45, 2.75) is 0 Å². The minimum atomic E-state index is 0.599. The number of aromatic nitrogens is 4. The van der Waals surface area contributed by atoms with E-state index in [9.17, 15) is 0 Å². The van der Waals surface area contributed by atoms with E-state index in [-0.39, 0.29) is 0 Å². The zero-order valence-corrected chi connectivity index (χ0v) is 8.38. The molecule has 3 heterocycles. The molecule has 0 unspecified atom stereocenters. The minimum Gasteiger partial charge on any atom is -0.397 e. The molecule has 0 saturated heterocycles. The lowest BCUT2D eigenvalue weighted by atomic mass is 10.3.